The first-order valence-electron chi connectivity index (χ1n) is 1.15. The molecule has 0 amide bonds. The van der Waals surface area contributed by atoms with Gasteiger partial charge >= 0.3 is 0 Å². The van der Waals surface area contributed by atoms with Gasteiger partial charge in [0.2, 0.25) is 0 Å². The molecule has 0 unspecified atom stereocenters. The third-order valence-electron chi connectivity index (χ3n) is 0. The minimum atomic E-state index is 0. The average molecular weight is 72.9 g/mol. The van der Waals surface area contributed by atoms with E-state index in [0.717, 1.165) is 0 Å². The first-order valence-corrected chi connectivity index (χ1v) is 1.15. The monoisotopic (exact) mass is 73.1 g/mol. The Labute approximate surface area is 33.5 Å². The molecule has 0 spiro atoms. The van der Waals surface area contributed by atoms with Gasteiger partial charge in [-0.25, -0.2) is 0 Å². The number of nitrogens with zero attached hydrogens (tertiary/aromatic N) is 1. The predicted molar refractivity (Wildman–Crippen MR) is 23.1 cm³/mol. The van der Waals surface area contributed by atoms with E-state index >= 15 is 0 Å². The highest BCUT2D eigenvalue weighted by molar-refractivity contribution is 6.03. The van der Waals surface area contributed by atoms with Gasteiger partial charge in [-0.2, -0.15) is 0 Å². The van der Waals surface area contributed by atoms with Crippen molar-refractivity contribution in [3.8, 4) is 0 Å². The first-order chi connectivity index (χ1) is 1.73. The molecule has 0 atom stereocenters. The maximum atomic E-state index is 4.94. The molecule has 0 heterocycles. The van der Waals surface area contributed by atoms with Gasteiger partial charge in [0.15, 0.2) is 7.98 Å². The van der Waals surface area contributed by atoms with Crippen LogP contribution in [0.15, 0.2) is 0 Å². The Balaban J connectivity index is 0. The SMILES string of the molecule is O.[B]N(C)C. The molecule has 5 heavy (non-hydrogen) atoms. The second-order valence-corrected chi connectivity index (χ2v) is 0.964. The lowest BCUT2D eigenvalue weighted by Crippen LogP contribution is -2.02. The van der Waals surface area contributed by atoms with E-state index in [0.29, 0.717) is 0 Å². The van der Waals surface area contributed by atoms with Crippen molar-refractivity contribution >= 4 is 7.98 Å². The third-order valence-corrected chi connectivity index (χ3v) is 0. The van der Waals surface area contributed by atoms with E-state index in [1.807, 2.05) is 0 Å². The lowest BCUT2D eigenvalue weighted by atomic mass is 10.4. The van der Waals surface area contributed by atoms with Crippen LogP contribution in [0.25, 0.3) is 0 Å². The summed E-state index contributed by atoms with van der Waals surface area (Å²) in [6.45, 7) is 0. The third kappa shape index (κ3) is 69200. The molecule has 0 aliphatic rings. The standard InChI is InChI=1S/C2H6BN.H2O/c1-4(2)3;/h1-2H3;1H2. The molecule has 3 heteroatoms. The topological polar surface area (TPSA) is 34.7 Å². The van der Waals surface area contributed by atoms with Crippen molar-refractivity contribution < 1.29 is 5.48 Å². The van der Waals surface area contributed by atoms with Crippen LogP contribution in [0, 0.1) is 0 Å². The normalized spacial score (nSPS) is 7.00. The van der Waals surface area contributed by atoms with Gasteiger partial charge in [0.05, 0.1) is 0 Å². The van der Waals surface area contributed by atoms with Crippen LogP contribution < -0.4 is 0 Å². The molecule has 2 radical (unpaired) electrons. The zero-order chi connectivity index (χ0) is 3.58. The molecule has 30 valence electrons. The summed E-state index contributed by atoms with van der Waals surface area (Å²) in [5, 5.41) is 0. The number of rotatable bonds is 0. The molecule has 0 fully saturated rings. The number of hydrogen-bond donors (Lipinski definition) is 0. The maximum absolute atomic E-state index is 4.94. The minimum absolute atomic E-state index is 0. The molecule has 0 aliphatic carbocycles. The summed E-state index contributed by atoms with van der Waals surface area (Å²) in [7, 11) is 8.50. The summed E-state index contributed by atoms with van der Waals surface area (Å²) in [4.78, 5) is 1.50. The largest absolute Gasteiger partial charge is 0.412 e. The molecule has 0 aromatic heterocycles. The lowest BCUT2D eigenvalue weighted by molar-refractivity contribution is 0.679. The molecule has 0 saturated carbocycles. The fourth-order valence-electron chi connectivity index (χ4n) is 0. The van der Waals surface area contributed by atoms with Gasteiger partial charge in [-0.05, 0) is 14.1 Å². The second-order valence-electron chi connectivity index (χ2n) is 0.964. The maximum Gasteiger partial charge on any atom is 0.181 e. The van der Waals surface area contributed by atoms with E-state index in [-0.39, 0.29) is 5.48 Å². The van der Waals surface area contributed by atoms with Gasteiger partial charge in [-0.3, -0.25) is 0 Å². The Kier molecular flexibility index (Phi) is 7.08. The Hall–Kier alpha value is -0.0151. The van der Waals surface area contributed by atoms with E-state index in [4.69, 9.17) is 7.98 Å². The van der Waals surface area contributed by atoms with Crippen molar-refractivity contribution in [3.05, 3.63) is 0 Å². The Morgan fingerprint density at radius 3 is 1.40 bits per heavy atom. The molecule has 2 nitrogen and oxygen atoms in total. The van der Waals surface area contributed by atoms with E-state index < -0.39 is 0 Å². The van der Waals surface area contributed by atoms with Gasteiger partial charge in [-0.15, -0.1) is 0 Å². The molecule has 0 rings (SSSR count). The van der Waals surface area contributed by atoms with E-state index in [9.17, 15) is 0 Å². The zero-order valence-corrected chi connectivity index (χ0v) is 3.52. The van der Waals surface area contributed by atoms with Crippen LogP contribution in [0.3, 0.4) is 0 Å². The first kappa shape index (κ1) is 8.88. The fraction of sp³-hybridized carbons (Fsp3) is 1.00. The lowest BCUT2D eigenvalue weighted by Gasteiger charge is -1.90. The summed E-state index contributed by atoms with van der Waals surface area (Å²) in [5.74, 6) is 0. The molecule has 0 aromatic carbocycles. The molecule has 0 aliphatic heterocycles. The van der Waals surface area contributed by atoms with Gasteiger partial charge in [0.1, 0.15) is 0 Å². The molecule has 0 bridgehead atoms. The number of hydrogen-bond acceptors (Lipinski definition) is 1. The Morgan fingerprint density at radius 2 is 1.40 bits per heavy atom. The van der Waals surface area contributed by atoms with E-state index in [1.54, 1.807) is 14.1 Å². The van der Waals surface area contributed by atoms with E-state index in [1.165, 1.54) is 4.81 Å². The Bertz CT molecular complexity index is 14.4. The molecular formula is C2H8BNO. The molecule has 0 saturated heterocycles. The van der Waals surface area contributed by atoms with Crippen molar-refractivity contribution in [1.82, 2.24) is 4.81 Å². The summed E-state index contributed by atoms with van der Waals surface area (Å²) in [5.41, 5.74) is 0. The van der Waals surface area contributed by atoms with Crippen LogP contribution in [0.2, 0.25) is 0 Å². The minimum Gasteiger partial charge on any atom is -0.412 e. The zero-order valence-electron chi connectivity index (χ0n) is 3.52. The van der Waals surface area contributed by atoms with Crippen LogP contribution in [0.1, 0.15) is 0 Å². The van der Waals surface area contributed by atoms with Crippen molar-refractivity contribution in [2.24, 2.45) is 0 Å². The summed E-state index contributed by atoms with van der Waals surface area (Å²) in [6.07, 6.45) is 0. The summed E-state index contributed by atoms with van der Waals surface area (Å²) >= 11 is 0. The predicted octanol–water partition coefficient (Wildman–Crippen LogP) is -1.19. The van der Waals surface area contributed by atoms with Crippen LogP contribution in [0.5, 0.6) is 0 Å². The van der Waals surface area contributed by atoms with Crippen LogP contribution >= 0.6 is 0 Å². The fourth-order valence-corrected chi connectivity index (χ4v) is 0. The van der Waals surface area contributed by atoms with E-state index in [2.05, 4.69) is 0 Å². The van der Waals surface area contributed by atoms with Crippen LogP contribution in [-0.4, -0.2) is 32.4 Å². The highest BCUT2D eigenvalue weighted by Gasteiger charge is 1.59. The molecule has 0 aromatic rings. The quantitative estimate of drug-likeness (QED) is 0.332. The smallest absolute Gasteiger partial charge is 0.181 e. The van der Waals surface area contributed by atoms with Crippen molar-refractivity contribution in [1.29, 1.82) is 0 Å². The second kappa shape index (κ2) is 3.98. The van der Waals surface area contributed by atoms with Gasteiger partial charge in [0.25, 0.3) is 0 Å². The highest BCUT2D eigenvalue weighted by atomic mass is 16.0. The summed E-state index contributed by atoms with van der Waals surface area (Å²) in [6, 6.07) is 0. The van der Waals surface area contributed by atoms with Gasteiger partial charge in [-0.1, -0.05) is 0 Å². The average Bonchev–Trinajstić information content (AvgIpc) is 0.811. The van der Waals surface area contributed by atoms with Crippen molar-refractivity contribution in [2.75, 3.05) is 14.1 Å². The highest BCUT2D eigenvalue weighted by Crippen LogP contribution is 1.44. The van der Waals surface area contributed by atoms with Gasteiger partial charge < -0.3 is 10.3 Å². The van der Waals surface area contributed by atoms with Gasteiger partial charge in [0, 0.05) is 0 Å². The van der Waals surface area contributed by atoms with Crippen molar-refractivity contribution in [3.63, 3.8) is 0 Å². The summed E-state index contributed by atoms with van der Waals surface area (Å²) < 4.78 is 0. The van der Waals surface area contributed by atoms with Crippen LogP contribution in [-0.2, 0) is 0 Å². The molecule has 2 N–H and O–H groups in total. The van der Waals surface area contributed by atoms with Crippen LogP contribution in [0.4, 0.5) is 0 Å². The Morgan fingerprint density at radius 1 is 1.40 bits per heavy atom. The molecular weight excluding hydrogens is 64.8 g/mol. The van der Waals surface area contributed by atoms with Crippen molar-refractivity contribution in [2.45, 2.75) is 0 Å².